The number of ether oxygens (including phenoxy) is 2. The summed E-state index contributed by atoms with van der Waals surface area (Å²) in [6, 6.07) is 5.97. The molecule has 1 atom stereocenters. The van der Waals surface area contributed by atoms with Gasteiger partial charge in [-0.15, -0.1) is 0 Å². The molecule has 0 spiro atoms. The van der Waals surface area contributed by atoms with Gasteiger partial charge in [0.2, 0.25) is 0 Å². The zero-order valence-corrected chi connectivity index (χ0v) is 19.9. The molecule has 0 radical (unpaired) electrons. The second-order valence-electron chi connectivity index (χ2n) is 8.11. The maximum atomic E-state index is 13.2. The summed E-state index contributed by atoms with van der Waals surface area (Å²) in [6.07, 6.45) is 6.37. The molecule has 0 aromatic heterocycles. The highest BCUT2D eigenvalue weighted by atomic mass is 16.6. The van der Waals surface area contributed by atoms with Crippen LogP contribution in [-0.2, 0) is 19.1 Å². The number of nitrogens with zero attached hydrogens (tertiary/aromatic N) is 1. The fourth-order valence-corrected chi connectivity index (χ4v) is 4.02. The lowest BCUT2D eigenvalue weighted by Crippen LogP contribution is -2.32. The van der Waals surface area contributed by atoms with Crippen molar-refractivity contribution in [1.82, 2.24) is 5.32 Å². The number of nitro groups is 1. The van der Waals surface area contributed by atoms with E-state index in [0.717, 1.165) is 19.3 Å². The molecule has 1 aromatic carbocycles. The lowest BCUT2D eigenvalue weighted by atomic mass is 9.80. The van der Waals surface area contributed by atoms with Crippen molar-refractivity contribution in [3.05, 3.63) is 62.5 Å². The Balaban J connectivity index is 2.33. The minimum atomic E-state index is -0.831. The molecule has 2 rings (SSSR count). The Bertz CT molecular complexity index is 935. The number of nitro benzene ring substituents is 1. The van der Waals surface area contributed by atoms with Gasteiger partial charge >= 0.3 is 11.9 Å². The Hall–Kier alpha value is -3.16. The lowest BCUT2D eigenvalue weighted by molar-refractivity contribution is -0.384. The molecule has 8 heteroatoms. The summed E-state index contributed by atoms with van der Waals surface area (Å²) in [4.78, 5) is 36.8. The van der Waals surface area contributed by atoms with E-state index in [1.54, 1.807) is 32.9 Å². The molecule has 180 valence electrons. The first-order chi connectivity index (χ1) is 15.8. The van der Waals surface area contributed by atoms with Gasteiger partial charge in [0.05, 0.1) is 35.2 Å². The van der Waals surface area contributed by atoms with Gasteiger partial charge in [-0.2, -0.15) is 0 Å². The Morgan fingerprint density at radius 2 is 1.58 bits per heavy atom. The maximum absolute atomic E-state index is 13.2. The molecule has 1 aromatic rings. The van der Waals surface area contributed by atoms with E-state index in [2.05, 4.69) is 12.2 Å². The summed E-state index contributed by atoms with van der Waals surface area (Å²) in [5.74, 6) is -1.95. The second kappa shape index (κ2) is 12.8. The number of hydrogen-bond acceptors (Lipinski definition) is 7. The number of unbranched alkanes of at least 4 members (excludes halogenated alkanes) is 5. The van der Waals surface area contributed by atoms with Crippen molar-refractivity contribution in [3.8, 4) is 0 Å². The summed E-state index contributed by atoms with van der Waals surface area (Å²) >= 11 is 0. The Morgan fingerprint density at radius 3 is 2.18 bits per heavy atom. The molecule has 1 unspecified atom stereocenters. The van der Waals surface area contributed by atoms with Gasteiger partial charge in [-0.1, -0.05) is 51.2 Å². The fourth-order valence-electron chi connectivity index (χ4n) is 4.02. The van der Waals surface area contributed by atoms with E-state index in [1.807, 2.05) is 0 Å². The molecule has 0 bridgehead atoms. The summed E-state index contributed by atoms with van der Waals surface area (Å²) in [6.45, 7) is 7.76. The highest BCUT2D eigenvalue weighted by Gasteiger charge is 2.38. The maximum Gasteiger partial charge on any atom is 0.336 e. The topological polar surface area (TPSA) is 108 Å². The molecule has 33 heavy (non-hydrogen) atoms. The molecule has 1 N–H and O–H groups in total. The number of hydrogen-bond donors (Lipinski definition) is 1. The molecular weight excluding hydrogens is 424 g/mol. The summed E-state index contributed by atoms with van der Waals surface area (Å²) < 4.78 is 10.8. The molecule has 0 amide bonds. The van der Waals surface area contributed by atoms with E-state index in [0.29, 0.717) is 17.0 Å². The molecule has 0 aliphatic carbocycles. The SMILES string of the molecule is CCCCCCCCOC(=O)C1=C(C)NC(C)=C(C(=O)OCC)C1c1cccc([N+](=O)[O-])c1. The molecular formula is C25H34N2O6. The first-order valence-corrected chi connectivity index (χ1v) is 11.6. The van der Waals surface area contributed by atoms with Gasteiger partial charge in [-0.3, -0.25) is 10.1 Å². The largest absolute Gasteiger partial charge is 0.463 e. The van der Waals surface area contributed by atoms with Crippen molar-refractivity contribution in [1.29, 1.82) is 0 Å². The number of carbonyl (C=O) groups excluding carboxylic acids is 2. The first kappa shape index (κ1) is 26.1. The van der Waals surface area contributed by atoms with E-state index < -0.39 is 22.8 Å². The highest BCUT2D eigenvalue weighted by Crippen LogP contribution is 2.40. The molecule has 0 saturated carbocycles. The standard InChI is InChI=1S/C25H34N2O6/c1-5-7-8-9-10-11-15-33-25(29)22-18(4)26-17(3)21(24(28)32-6-2)23(22)19-13-12-14-20(16-19)27(30)31/h12-14,16,23,26H,5-11,15H2,1-4H3. The van der Waals surface area contributed by atoms with Crippen LogP contribution in [0.3, 0.4) is 0 Å². The van der Waals surface area contributed by atoms with Gasteiger partial charge in [0.25, 0.3) is 5.69 Å². The van der Waals surface area contributed by atoms with Crippen molar-refractivity contribution in [2.75, 3.05) is 13.2 Å². The van der Waals surface area contributed by atoms with E-state index in [1.165, 1.54) is 31.4 Å². The molecule has 0 saturated heterocycles. The summed E-state index contributed by atoms with van der Waals surface area (Å²) in [5, 5.41) is 14.4. The van der Waals surface area contributed by atoms with Crippen LogP contribution in [0, 0.1) is 10.1 Å². The van der Waals surface area contributed by atoms with Crippen molar-refractivity contribution >= 4 is 17.6 Å². The number of non-ortho nitro benzene ring substituents is 1. The van der Waals surface area contributed by atoms with E-state index in [-0.39, 0.29) is 30.0 Å². The molecule has 1 aliphatic heterocycles. The summed E-state index contributed by atoms with van der Waals surface area (Å²) in [5.41, 5.74) is 1.92. The van der Waals surface area contributed by atoms with E-state index in [9.17, 15) is 19.7 Å². The van der Waals surface area contributed by atoms with Gasteiger partial charge in [0.15, 0.2) is 0 Å². The average molecular weight is 459 g/mol. The Kier molecular flexibility index (Phi) is 10.1. The zero-order valence-electron chi connectivity index (χ0n) is 19.9. The number of carbonyl (C=O) groups is 2. The monoisotopic (exact) mass is 458 g/mol. The number of benzene rings is 1. The fraction of sp³-hybridized carbons (Fsp3) is 0.520. The van der Waals surface area contributed by atoms with Crippen LogP contribution in [0.1, 0.15) is 77.7 Å². The van der Waals surface area contributed by atoms with Gasteiger partial charge in [-0.25, -0.2) is 9.59 Å². The number of nitrogens with one attached hydrogen (secondary N) is 1. The zero-order chi connectivity index (χ0) is 24.4. The van der Waals surface area contributed by atoms with E-state index in [4.69, 9.17) is 9.47 Å². The lowest BCUT2D eigenvalue weighted by Gasteiger charge is -2.30. The predicted octanol–water partition coefficient (Wildman–Crippen LogP) is 5.30. The number of allylic oxidation sites excluding steroid dienone is 2. The van der Waals surface area contributed by atoms with Crippen LogP contribution < -0.4 is 5.32 Å². The number of esters is 2. The van der Waals surface area contributed by atoms with Crippen molar-refractivity contribution < 1.29 is 24.0 Å². The molecule has 0 fully saturated rings. The smallest absolute Gasteiger partial charge is 0.336 e. The third-order valence-electron chi connectivity index (χ3n) is 5.62. The van der Waals surface area contributed by atoms with Gasteiger partial charge in [0.1, 0.15) is 0 Å². The van der Waals surface area contributed by atoms with Crippen LogP contribution >= 0.6 is 0 Å². The number of dihydropyridines is 1. The highest BCUT2D eigenvalue weighted by molar-refractivity contribution is 5.99. The third-order valence-corrected chi connectivity index (χ3v) is 5.62. The Morgan fingerprint density at radius 1 is 0.970 bits per heavy atom. The number of rotatable bonds is 12. The molecule has 1 aliphatic rings. The van der Waals surface area contributed by atoms with Crippen LogP contribution in [0.15, 0.2) is 46.8 Å². The second-order valence-corrected chi connectivity index (χ2v) is 8.11. The van der Waals surface area contributed by atoms with Crippen molar-refractivity contribution in [2.45, 2.75) is 72.1 Å². The summed E-state index contributed by atoms with van der Waals surface area (Å²) in [7, 11) is 0. The van der Waals surface area contributed by atoms with Crippen molar-refractivity contribution in [2.24, 2.45) is 0 Å². The van der Waals surface area contributed by atoms with Crippen LogP contribution in [0.4, 0.5) is 5.69 Å². The average Bonchev–Trinajstić information content (AvgIpc) is 2.78. The molecule has 8 nitrogen and oxygen atoms in total. The normalized spacial score (nSPS) is 15.8. The minimum Gasteiger partial charge on any atom is -0.463 e. The van der Waals surface area contributed by atoms with Crippen LogP contribution in [-0.4, -0.2) is 30.1 Å². The van der Waals surface area contributed by atoms with Crippen LogP contribution in [0.5, 0.6) is 0 Å². The third kappa shape index (κ3) is 6.91. The quantitative estimate of drug-likeness (QED) is 0.196. The molecule has 1 heterocycles. The van der Waals surface area contributed by atoms with Crippen molar-refractivity contribution in [3.63, 3.8) is 0 Å². The first-order valence-electron chi connectivity index (χ1n) is 11.6. The minimum absolute atomic E-state index is 0.121. The van der Waals surface area contributed by atoms with Gasteiger partial charge < -0.3 is 14.8 Å². The van der Waals surface area contributed by atoms with Gasteiger partial charge in [0, 0.05) is 23.5 Å². The predicted molar refractivity (Wildman–Crippen MR) is 125 cm³/mol. The van der Waals surface area contributed by atoms with E-state index >= 15 is 0 Å². The Labute approximate surface area is 195 Å². The van der Waals surface area contributed by atoms with Crippen LogP contribution in [0.25, 0.3) is 0 Å². The van der Waals surface area contributed by atoms with Crippen LogP contribution in [0.2, 0.25) is 0 Å². The van der Waals surface area contributed by atoms with Gasteiger partial charge in [-0.05, 0) is 32.8 Å².